The van der Waals surface area contributed by atoms with Crippen molar-refractivity contribution in [2.24, 2.45) is 0 Å². The van der Waals surface area contributed by atoms with Crippen molar-refractivity contribution in [2.45, 2.75) is 45.6 Å². The highest BCUT2D eigenvalue weighted by molar-refractivity contribution is 5.92. The van der Waals surface area contributed by atoms with E-state index in [1.807, 2.05) is 17.0 Å². The molecule has 28 heavy (non-hydrogen) atoms. The van der Waals surface area contributed by atoms with Crippen LogP contribution < -0.4 is 0 Å². The molecule has 1 aromatic heterocycles. The van der Waals surface area contributed by atoms with E-state index in [0.29, 0.717) is 31.7 Å². The zero-order valence-corrected chi connectivity index (χ0v) is 16.5. The van der Waals surface area contributed by atoms with Gasteiger partial charge in [0.25, 0.3) is 5.91 Å². The van der Waals surface area contributed by atoms with Gasteiger partial charge in [-0.25, -0.2) is 4.98 Å². The molecule has 0 saturated carbocycles. The van der Waals surface area contributed by atoms with Crippen LogP contribution in [0.3, 0.4) is 0 Å². The van der Waals surface area contributed by atoms with Crippen molar-refractivity contribution >= 4 is 11.8 Å². The summed E-state index contributed by atoms with van der Waals surface area (Å²) in [6.07, 6.45) is 8.84. The quantitative estimate of drug-likeness (QED) is 0.660. The van der Waals surface area contributed by atoms with E-state index in [1.165, 1.54) is 23.5 Å². The van der Waals surface area contributed by atoms with Crippen LogP contribution in [0.4, 0.5) is 0 Å². The van der Waals surface area contributed by atoms with Gasteiger partial charge in [-0.3, -0.25) is 14.6 Å². The SMILES string of the molecule is CCCCCN(CCC(=O)N1CCc2ccccc2C1)C(=O)c1cnccn1. The van der Waals surface area contributed by atoms with E-state index in [2.05, 4.69) is 29.0 Å². The second kappa shape index (κ2) is 9.97. The average molecular weight is 380 g/mol. The topological polar surface area (TPSA) is 66.4 Å². The molecule has 0 radical (unpaired) electrons. The first-order valence-corrected chi connectivity index (χ1v) is 10.1. The molecule has 2 amide bonds. The van der Waals surface area contributed by atoms with Crippen LogP contribution in [0.5, 0.6) is 0 Å². The van der Waals surface area contributed by atoms with Gasteiger partial charge in [-0.05, 0) is 24.0 Å². The number of hydrogen-bond donors (Lipinski definition) is 0. The number of carbonyl (C=O) groups is 2. The molecular weight excluding hydrogens is 352 g/mol. The number of fused-ring (bicyclic) bond motifs is 1. The molecule has 1 aliphatic rings. The number of unbranched alkanes of at least 4 members (excludes halogenated alkanes) is 2. The summed E-state index contributed by atoms with van der Waals surface area (Å²) in [5, 5.41) is 0. The van der Waals surface area contributed by atoms with E-state index in [9.17, 15) is 9.59 Å². The first kappa shape index (κ1) is 20.0. The molecule has 0 atom stereocenters. The zero-order valence-electron chi connectivity index (χ0n) is 16.5. The lowest BCUT2D eigenvalue weighted by Crippen LogP contribution is -2.40. The second-order valence-electron chi connectivity index (χ2n) is 7.17. The number of rotatable bonds is 8. The number of aromatic nitrogens is 2. The third-order valence-corrected chi connectivity index (χ3v) is 5.18. The van der Waals surface area contributed by atoms with Gasteiger partial charge in [-0.2, -0.15) is 0 Å². The number of benzene rings is 1. The second-order valence-corrected chi connectivity index (χ2v) is 7.17. The summed E-state index contributed by atoms with van der Waals surface area (Å²) >= 11 is 0. The summed E-state index contributed by atoms with van der Waals surface area (Å²) in [5.41, 5.74) is 2.88. The van der Waals surface area contributed by atoms with Crippen LogP contribution in [0.15, 0.2) is 42.9 Å². The van der Waals surface area contributed by atoms with Crippen LogP contribution in [0.25, 0.3) is 0 Å². The molecule has 3 rings (SSSR count). The van der Waals surface area contributed by atoms with Crippen LogP contribution in [0.2, 0.25) is 0 Å². The van der Waals surface area contributed by atoms with Crippen molar-refractivity contribution in [3.05, 3.63) is 59.7 Å². The van der Waals surface area contributed by atoms with Gasteiger partial charge >= 0.3 is 0 Å². The lowest BCUT2D eigenvalue weighted by Gasteiger charge is -2.30. The predicted octanol–water partition coefficient (Wildman–Crippen LogP) is 3.08. The molecule has 148 valence electrons. The lowest BCUT2D eigenvalue weighted by molar-refractivity contribution is -0.132. The highest BCUT2D eigenvalue weighted by Gasteiger charge is 2.23. The Morgan fingerprint density at radius 3 is 2.68 bits per heavy atom. The van der Waals surface area contributed by atoms with Crippen molar-refractivity contribution in [3.63, 3.8) is 0 Å². The van der Waals surface area contributed by atoms with Gasteiger partial charge in [0.05, 0.1) is 6.20 Å². The minimum absolute atomic E-state index is 0.0990. The first-order valence-electron chi connectivity index (χ1n) is 10.1. The maximum absolute atomic E-state index is 12.8. The Morgan fingerprint density at radius 1 is 1.11 bits per heavy atom. The molecule has 2 heterocycles. The number of nitrogens with zero attached hydrogens (tertiary/aromatic N) is 4. The lowest BCUT2D eigenvalue weighted by atomic mass is 10.00. The van der Waals surface area contributed by atoms with Crippen LogP contribution in [-0.2, 0) is 17.8 Å². The Bertz CT molecular complexity index is 794. The Hall–Kier alpha value is -2.76. The highest BCUT2D eigenvalue weighted by Crippen LogP contribution is 2.19. The Balaban J connectivity index is 1.59. The third-order valence-electron chi connectivity index (χ3n) is 5.18. The third kappa shape index (κ3) is 5.15. The van der Waals surface area contributed by atoms with Gasteiger partial charge in [0.2, 0.25) is 5.91 Å². The van der Waals surface area contributed by atoms with E-state index in [0.717, 1.165) is 32.2 Å². The predicted molar refractivity (Wildman–Crippen MR) is 108 cm³/mol. The molecule has 1 aliphatic heterocycles. The van der Waals surface area contributed by atoms with Gasteiger partial charge in [0.1, 0.15) is 5.69 Å². The van der Waals surface area contributed by atoms with Gasteiger partial charge in [0.15, 0.2) is 0 Å². The highest BCUT2D eigenvalue weighted by atomic mass is 16.2. The molecule has 0 spiro atoms. The maximum atomic E-state index is 12.8. The standard InChI is InChI=1S/C22H28N4O2/c1-2-3-6-13-25(22(28)20-16-23-11-12-24-20)15-10-21(27)26-14-9-18-7-4-5-8-19(18)17-26/h4-5,7-8,11-12,16H,2-3,6,9-10,13-15,17H2,1H3. The zero-order chi connectivity index (χ0) is 19.8. The van der Waals surface area contributed by atoms with Crippen molar-refractivity contribution in [1.82, 2.24) is 19.8 Å². The Labute approximate surface area is 166 Å². The smallest absolute Gasteiger partial charge is 0.274 e. The number of carbonyl (C=O) groups excluding carboxylic acids is 2. The summed E-state index contributed by atoms with van der Waals surface area (Å²) in [4.78, 5) is 37.3. The molecule has 0 fully saturated rings. The van der Waals surface area contributed by atoms with Crippen LogP contribution in [0, 0.1) is 0 Å². The van der Waals surface area contributed by atoms with Crippen molar-refractivity contribution in [2.75, 3.05) is 19.6 Å². The maximum Gasteiger partial charge on any atom is 0.274 e. The van der Waals surface area contributed by atoms with Crippen molar-refractivity contribution in [1.29, 1.82) is 0 Å². The van der Waals surface area contributed by atoms with E-state index in [-0.39, 0.29) is 11.8 Å². The van der Waals surface area contributed by atoms with Crippen LogP contribution in [0.1, 0.15) is 54.2 Å². The fourth-order valence-electron chi connectivity index (χ4n) is 3.54. The monoisotopic (exact) mass is 380 g/mol. The molecule has 0 aliphatic carbocycles. The molecule has 0 saturated heterocycles. The van der Waals surface area contributed by atoms with Gasteiger partial charge < -0.3 is 9.80 Å². The van der Waals surface area contributed by atoms with Gasteiger partial charge in [-0.15, -0.1) is 0 Å². The molecule has 6 nitrogen and oxygen atoms in total. The Kier molecular flexibility index (Phi) is 7.12. The van der Waals surface area contributed by atoms with Gasteiger partial charge in [-0.1, -0.05) is 44.0 Å². The van der Waals surface area contributed by atoms with Crippen molar-refractivity contribution < 1.29 is 9.59 Å². The first-order chi connectivity index (χ1) is 13.7. The van der Waals surface area contributed by atoms with Crippen molar-refractivity contribution in [3.8, 4) is 0 Å². The van der Waals surface area contributed by atoms with Crippen LogP contribution in [-0.4, -0.2) is 51.2 Å². The summed E-state index contributed by atoms with van der Waals surface area (Å²) in [6, 6.07) is 8.28. The van der Waals surface area contributed by atoms with E-state index in [4.69, 9.17) is 0 Å². The molecule has 0 bridgehead atoms. The fraction of sp³-hybridized carbons (Fsp3) is 0.455. The Morgan fingerprint density at radius 2 is 1.93 bits per heavy atom. The van der Waals surface area contributed by atoms with E-state index < -0.39 is 0 Å². The molecule has 6 heteroatoms. The summed E-state index contributed by atoms with van der Waals surface area (Å²) in [5.74, 6) is -0.0528. The summed E-state index contributed by atoms with van der Waals surface area (Å²) in [6.45, 7) is 4.58. The van der Waals surface area contributed by atoms with Crippen LogP contribution >= 0.6 is 0 Å². The summed E-state index contributed by atoms with van der Waals surface area (Å²) in [7, 11) is 0. The molecule has 2 aromatic rings. The number of hydrogen-bond acceptors (Lipinski definition) is 4. The average Bonchev–Trinajstić information content (AvgIpc) is 2.75. The molecule has 0 unspecified atom stereocenters. The summed E-state index contributed by atoms with van der Waals surface area (Å²) < 4.78 is 0. The largest absolute Gasteiger partial charge is 0.338 e. The van der Waals surface area contributed by atoms with E-state index >= 15 is 0 Å². The molecule has 1 aromatic carbocycles. The molecular formula is C22H28N4O2. The number of amides is 2. The minimum atomic E-state index is -0.152. The normalized spacial score (nSPS) is 13.1. The molecule has 0 N–H and O–H groups in total. The van der Waals surface area contributed by atoms with E-state index in [1.54, 1.807) is 11.1 Å². The fourth-order valence-corrected chi connectivity index (χ4v) is 3.54. The minimum Gasteiger partial charge on any atom is -0.338 e. The van der Waals surface area contributed by atoms with Gasteiger partial charge in [0, 0.05) is 45.0 Å².